The van der Waals surface area contributed by atoms with Gasteiger partial charge in [-0.2, -0.15) is 0 Å². The highest BCUT2D eigenvalue weighted by Gasteiger charge is 2.41. The Bertz CT molecular complexity index is 1070. The number of halogens is 1. The van der Waals surface area contributed by atoms with Gasteiger partial charge < -0.3 is 9.64 Å². The number of ether oxygens (including phenoxy) is 1. The highest BCUT2D eigenvalue weighted by Crippen LogP contribution is 2.45. The first-order valence-corrected chi connectivity index (χ1v) is 11.0. The van der Waals surface area contributed by atoms with E-state index in [0.29, 0.717) is 45.9 Å². The number of hydrogen-bond donors (Lipinski definition) is 0. The van der Waals surface area contributed by atoms with Gasteiger partial charge in [-0.1, -0.05) is 72.0 Å². The Hall–Kier alpha value is -2.19. The van der Waals surface area contributed by atoms with Gasteiger partial charge in [0.1, 0.15) is 4.32 Å². The minimum atomic E-state index is -0.223. The van der Waals surface area contributed by atoms with Gasteiger partial charge in [-0.3, -0.25) is 14.5 Å². The molecule has 1 fully saturated rings. The van der Waals surface area contributed by atoms with Crippen molar-refractivity contribution in [3.8, 4) is 0 Å². The topological polar surface area (TPSA) is 49.9 Å². The molecule has 0 unspecified atom stereocenters. The average molecular weight is 459 g/mol. The van der Waals surface area contributed by atoms with E-state index in [2.05, 4.69) is 0 Å². The molecule has 0 atom stereocenters. The van der Waals surface area contributed by atoms with E-state index in [1.807, 2.05) is 42.5 Å². The molecule has 4 rings (SSSR count). The number of nitrogens with zero attached hydrogens (tertiary/aromatic N) is 2. The van der Waals surface area contributed by atoms with Crippen LogP contribution >= 0.6 is 35.6 Å². The van der Waals surface area contributed by atoms with Crippen LogP contribution in [-0.2, 0) is 20.9 Å². The summed E-state index contributed by atoms with van der Waals surface area (Å²) in [6.45, 7) is 1.33. The van der Waals surface area contributed by atoms with Crippen LogP contribution in [0.4, 0.5) is 5.69 Å². The first-order valence-electron chi connectivity index (χ1n) is 9.44. The van der Waals surface area contributed by atoms with Gasteiger partial charge in [-0.25, -0.2) is 0 Å². The molecule has 0 radical (unpaired) electrons. The number of thioether (sulfide) groups is 1. The highest BCUT2D eigenvalue weighted by molar-refractivity contribution is 8.26. The van der Waals surface area contributed by atoms with Crippen LogP contribution in [-0.4, -0.2) is 41.3 Å². The summed E-state index contributed by atoms with van der Waals surface area (Å²) in [7, 11) is 1.62. The predicted molar refractivity (Wildman–Crippen MR) is 124 cm³/mol. The van der Waals surface area contributed by atoms with Crippen molar-refractivity contribution >= 4 is 63.0 Å². The molecule has 1 saturated heterocycles. The van der Waals surface area contributed by atoms with Gasteiger partial charge in [0.05, 0.1) is 22.7 Å². The summed E-state index contributed by atoms with van der Waals surface area (Å²) in [5.74, 6) is -0.438. The molecule has 0 N–H and O–H groups in total. The van der Waals surface area contributed by atoms with Gasteiger partial charge in [0, 0.05) is 30.8 Å². The van der Waals surface area contributed by atoms with Gasteiger partial charge in [-0.15, -0.1) is 0 Å². The molecule has 0 aromatic heterocycles. The van der Waals surface area contributed by atoms with E-state index in [9.17, 15) is 9.59 Å². The van der Waals surface area contributed by atoms with Crippen LogP contribution in [0.15, 0.2) is 53.4 Å². The Morgan fingerprint density at radius 2 is 1.77 bits per heavy atom. The van der Waals surface area contributed by atoms with Crippen molar-refractivity contribution in [1.29, 1.82) is 0 Å². The van der Waals surface area contributed by atoms with Crippen LogP contribution in [0.1, 0.15) is 17.5 Å². The van der Waals surface area contributed by atoms with E-state index in [1.54, 1.807) is 23.0 Å². The number of hydrogen-bond acceptors (Lipinski definition) is 5. The van der Waals surface area contributed by atoms with Gasteiger partial charge in [0.2, 0.25) is 0 Å². The van der Waals surface area contributed by atoms with Crippen LogP contribution in [0.3, 0.4) is 0 Å². The molecule has 30 heavy (non-hydrogen) atoms. The predicted octanol–water partition coefficient (Wildman–Crippen LogP) is 4.49. The Labute approximate surface area is 189 Å². The Kier molecular flexibility index (Phi) is 6.24. The summed E-state index contributed by atoms with van der Waals surface area (Å²) in [4.78, 5) is 30.2. The van der Waals surface area contributed by atoms with Gasteiger partial charge >= 0.3 is 0 Å². The smallest absolute Gasteiger partial charge is 0.267 e. The zero-order valence-electron chi connectivity index (χ0n) is 16.3. The number of amides is 2. The van der Waals surface area contributed by atoms with E-state index in [1.165, 1.54) is 11.8 Å². The molecule has 5 nitrogen and oxygen atoms in total. The molecule has 2 aromatic carbocycles. The lowest BCUT2D eigenvalue weighted by atomic mass is 10.1. The van der Waals surface area contributed by atoms with Crippen LogP contribution in [0.25, 0.3) is 5.57 Å². The van der Waals surface area contributed by atoms with Crippen molar-refractivity contribution < 1.29 is 14.3 Å². The zero-order chi connectivity index (χ0) is 21.3. The second-order valence-electron chi connectivity index (χ2n) is 6.88. The maximum Gasteiger partial charge on any atom is 0.267 e. The lowest BCUT2D eigenvalue weighted by Crippen LogP contribution is -2.30. The van der Waals surface area contributed by atoms with Crippen molar-refractivity contribution in [3.05, 3.63) is 69.6 Å². The molecular weight excluding hydrogens is 440 g/mol. The molecule has 2 aliphatic heterocycles. The Morgan fingerprint density at radius 1 is 1.03 bits per heavy atom. The number of anilines is 1. The van der Waals surface area contributed by atoms with E-state index in [-0.39, 0.29) is 11.8 Å². The number of carbonyl (C=O) groups excluding carboxylic acids is 2. The minimum Gasteiger partial charge on any atom is -0.385 e. The normalized spacial score (nSPS) is 18.5. The third-order valence-electron chi connectivity index (χ3n) is 5.02. The molecular formula is C22H19ClN2O3S2. The van der Waals surface area contributed by atoms with E-state index >= 15 is 0 Å². The first kappa shape index (κ1) is 21.1. The molecule has 2 aromatic rings. The fraction of sp³-hybridized carbons (Fsp3) is 0.227. The summed E-state index contributed by atoms with van der Waals surface area (Å²) in [5.41, 5.74) is 2.76. The summed E-state index contributed by atoms with van der Waals surface area (Å²) in [5, 5.41) is 0.598. The van der Waals surface area contributed by atoms with Crippen molar-refractivity contribution in [1.82, 2.24) is 4.90 Å². The summed E-state index contributed by atoms with van der Waals surface area (Å²) < 4.78 is 5.54. The number of fused-ring (bicyclic) bond motifs is 1. The number of para-hydroxylation sites is 1. The second-order valence-corrected chi connectivity index (χ2v) is 8.93. The maximum atomic E-state index is 13.5. The van der Waals surface area contributed by atoms with Gasteiger partial charge in [-0.05, 0) is 24.1 Å². The maximum absolute atomic E-state index is 13.5. The molecule has 2 heterocycles. The molecule has 8 heteroatoms. The Morgan fingerprint density at radius 3 is 2.53 bits per heavy atom. The molecule has 0 aliphatic carbocycles. The molecule has 0 bridgehead atoms. The largest absolute Gasteiger partial charge is 0.385 e. The summed E-state index contributed by atoms with van der Waals surface area (Å²) >= 11 is 12.9. The standard InChI is InChI=1S/C22H19ClN2O3S2/c1-28-12-6-11-24-21(27)19(30-22(24)29)18-15-8-3-5-10-17(15)25(20(18)26)13-14-7-2-4-9-16(14)23/h2-5,7-10H,6,11-13H2,1H3. The number of thiocarbonyl (C=S) groups is 1. The van der Waals surface area contributed by atoms with E-state index in [0.717, 1.165) is 16.8 Å². The lowest BCUT2D eigenvalue weighted by Gasteiger charge is -2.18. The van der Waals surface area contributed by atoms with E-state index < -0.39 is 0 Å². The van der Waals surface area contributed by atoms with Gasteiger partial charge in [0.25, 0.3) is 11.8 Å². The van der Waals surface area contributed by atoms with Crippen LogP contribution in [0.2, 0.25) is 5.02 Å². The molecule has 2 amide bonds. The van der Waals surface area contributed by atoms with Crippen molar-refractivity contribution in [2.45, 2.75) is 13.0 Å². The molecule has 0 saturated carbocycles. The number of methoxy groups -OCH3 is 1. The third kappa shape index (κ3) is 3.78. The average Bonchev–Trinajstić information content (AvgIpc) is 3.17. The fourth-order valence-electron chi connectivity index (χ4n) is 3.56. The monoisotopic (exact) mass is 458 g/mol. The lowest BCUT2D eigenvalue weighted by molar-refractivity contribution is -0.122. The van der Waals surface area contributed by atoms with Crippen molar-refractivity contribution in [3.63, 3.8) is 0 Å². The minimum absolute atomic E-state index is 0.214. The van der Waals surface area contributed by atoms with Crippen molar-refractivity contribution in [2.75, 3.05) is 25.2 Å². The third-order valence-corrected chi connectivity index (χ3v) is 6.83. The quantitative estimate of drug-likeness (QED) is 0.362. The summed E-state index contributed by atoms with van der Waals surface area (Å²) in [6.07, 6.45) is 0.675. The highest BCUT2D eigenvalue weighted by atomic mass is 35.5. The number of carbonyl (C=O) groups is 2. The molecule has 0 spiro atoms. The van der Waals surface area contributed by atoms with Gasteiger partial charge in [0.15, 0.2) is 0 Å². The van der Waals surface area contributed by atoms with E-state index in [4.69, 9.17) is 28.6 Å². The zero-order valence-corrected chi connectivity index (χ0v) is 18.6. The molecule has 2 aliphatic rings. The fourth-order valence-corrected chi connectivity index (χ4v) is 5.14. The molecule has 154 valence electrons. The first-order chi connectivity index (χ1) is 14.5. The van der Waals surface area contributed by atoms with Crippen molar-refractivity contribution in [2.24, 2.45) is 0 Å². The SMILES string of the molecule is COCCCN1C(=O)C(=C2C(=O)N(Cc3ccccc3Cl)c3ccccc32)SC1=S. The Balaban J connectivity index is 1.71. The second kappa shape index (κ2) is 8.89. The summed E-state index contributed by atoms with van der Waals surface area (Å²) in [6, 6.07) is 14.9. The van der Waals surface area contributed by atoms with Crippen LogP contribution in [0, 0.1) is 0 Å². The van der Waals surface area contributed by atoms with Crippen LogP contribution in [0.5, 0.6) is 0 Å². The number of benzene rings is 2. The van der Waals surface area contributed by atoms with Crippen LogP contribution < -0.4 is 4.90 Å². The number of rotatable bonds is 6.